The molecule has 3 N–H and O–H groups in total. The predicted octanol–water partition coefficient (Wildman–Crippen LogP) is 0.877. The smallest absolute Gasteiger partial charge is 0.243 e. The highest BCUT2D eigenvalue weighted by molar-refractivity contribution is 7.89. The summed E-state index contributed by atoms with van der Waals surface area (Å²) < 4.78 is 26.7. The van der Waals surface area contributed by atoms with Crippen LogP contribution in [0.1, 0.15) is 26.3 Å². The van der Waals surface area contributed by atoms with Gasteiger partial charge in [-0.3, -0.25) is 5.43 Å². The van der Waals surface area contributed by atoms with Crippen molar-refractivity contribution >= 4 is 33.1 Å². The molecule has 0 bridgehead atoms. The van der Waals surface area contributed by atoms with Gasteiger partial charge in [-0.1, -0.05) is 12.1 Å². The van der Waals surface area contributed by atoms with E-state index in [9.17, 15) is 8.42 Å². The summed E-state index contributed by atoms with van der Waals surface area (Å²) >= 11 is 5.12. The lowest BCUT2D eigenvalue weighted by molar-refractivity contribution is 0.360. The van der Waals surface area contributed by atoms with Crippen LogP contribution in [0, 0.1) is 0 Å². The zero-order chi connectivity index (χ0) is 18.4. The van der Waals surface area contributed by atoms with Gasteiger partial charge in [-0.2, -0.15) is 9.41 Å². The molecule has 1 heterocycles. The minimum Gasteiger partial charge on any atom is -0.359 e. The number of hydrogen-bond donors (Lipinski definition) is 3. The van der Waals surface area contributed by atoms with Crippen LogP contribution in [-0.4, -0.2) is 55.8 Å². The molecule has 138 valence electrons. The standard InChI is InChI=1S/C16H25N5O2S2/c1-12(2)18-16(24)20-19-13(3)14-4-6-15(7-5-14)25(22,23)21-10-8-17-9-11-21/h4-7,12,17H,8-11H2,1-3H3,(H2,18,20,24)/b19-13-. The van der Waals surface area contributed by atoms with Crippen molar-refractivity contribution in [3.05, 3.63) is 29.8 Å². The van der Waals surface area contributed by atoms with Crippen LogP contribution in [0.4, 0.5) is 0 Å². The van der Waals surface area contributed by atoms with Gasteiger partial charge in [0.1, 0.15) is 0 Å². The van der Waals surface area contributed by atoms with Gasteiger partial charge < -0.3 is 10.6 Å². The van der Waals surface area contributed by atoms with Crippen LogP contribution in [0.25, 0.3) is 0 Å². The summed E-state index contributed by atoms with van der Waals surface area (Å²) in [5.74, 6) is 0. The van der Waals surface area contributed by atoms with Gasteiger partial charge in [0.25, 0.3) is 0 Å². The van der Waals surface area contributed by atoms with E-state index in [1.54, 1.807) is 24.3 Å². The maximum Gasteiger partial charge on any atom is 0.243 e. The van der Waals surface area contributed by atoms with Crippen LogP contribution >= 0.6 is 12.2 Å². The Morgan fingerprint density at radius 1 is 1.24 bits per heavy atom. The van der Waals surface area contributed by atoms with Crippen LogP contribution in [0.15, 0.2) is 34.3 Å². The van der Waals surface area contributed by atoms with Gasteiger partial charge in [0.2, 0.25) is 10.0 Å². The molecule has 1 aromatic rings. The van der Waals surface area contributed by atoms with E-state index in [1.807, 2.05) is 20.8 Å². The molecule has 0 unspecified atom stereocenters. The highest BCUT2D eigenvalue weighted by Gasteiger charge is 2.25. The van der Waals surface area contributed by atoms with E-state index in [0.29, 0.717) is 36.2 Å². The first kappa shape index (κ1) is 19.8. The summed E-state index contributed by atoms with van der Waals surface area (Å²) in [4.78, 5) is 0.302. The van der Waals surface area contributed by atoms with Crippen molar-refractivity contribution in [3.8, 4) is 0 Å². The number of nitrogens with one attached hydrogen (secondary N) is 3. The third kappa shape index (κ3) is 5.46. The Hall–Kier alpha value is -1.55. The van der Waals surface area contributed by atoms with Crippen molar-refractivity contribution in [1.82, 2.24) is 20.4 Å². The molecule has 0 amide bonds. The molecule has 0 aliphatic carbocycles. The molecule has 0 radical (unpaired) electrons. The van der Waals surface area contributed by atoms with E-state index in [0.717, 1.165) is 11.3 Å². The molecule has 0 aromatic heterocycles. The van der Waals surface area contributed by atoms with E-state index in [4.69, 9.17) is 12.2 Å². The molecular weight excluding hydrogens is 358 g/mol. The van der Waals surface area contributed by atoms with Gasteiger partial charge >= 0.3 is 0 Å². The molecule has 7 nitrogen and oxygen atoms in total. The van der Waals surface area contributed by atoms with Crippen molar-refractivity contribution < 1.29 is 8.42 Å². The summed E-state index contributed by atoms with van der Waals surface area (Å²) in [6.45, 7) is 8.16. The number of hydrazone groups is 1. The first-order valence-electron chi connectivity index (χ1n) is 8.23. The highest BCUT2D eigenvalue weighted by Crippen LogP contribution is 2.17. The SMILES string of the molecule is C/C(=N/NC(=S)NC(C)C)c1ccc(S(=O)(=O)N2CCNCC2)cc1. The fourth-order valence-corrected chi connectivity index (χ4v) is 4.12. The topological polar surface area (TPSA) is 85.8 Å². The summed E-state index contributed by atoms with van der Waals surface area (Å²) in [7, 11) is -3.44. The number of rotatable bonds is 5. The average molecular weight is 384 g/mol. The van der Waals surface area contributed by atoms with Crippen LogP contribution in [-0.2, 0) is 10.0 Å². The Morgan fingerprint density at radius 3 is 2.40 bits per heavy atom. The lowest BCUT2D eigenvalue weighted by Crippen LogP contribution is -2.46. The normalized spacial score (nSPS) is 16.7. The Labute approximate surface area is 154 Å². The second-order valence-electron chi connectivity index (χ2n) is 6.12. The number of benzene rings is 1. The van der Waals surface area contributed by atoms with Crippen molar-refractivity contribution in [3.63, 3.8) is 0 Å². The third-order valence-corrected chi connectivity index (χ3v) is 5.85. The third-order valence-electron chi connectivity index (χ3n) is 3.73. The number of thiocarbonyl (C=S) groups is 1. The highest BCUT2D eigenvalue weighted by atomic mass is 32.2. The molecular formula is C16H25N5O2S2. The van der Waals surface area contributed by atoms with Gasteiger partial charge in [-0.05, 0) is 50.7 Å². The fourth-order valence-electron chi connectivity index (χ4n) is 2.40. The second-order valence-corrected chi connectivity index (χ2v) is 8.46. The van der Waals surface area contributed by atoms with Crippen molar-refractivity contribution in [2.45, 2.75) is 31.7 Å². The Morgan fingerprint density at radius 2 is 1.84 bits per heavy atom. The minimum atomic E-state index is -3.44. The number of nitrogens with zero attached hydrogens (tertiary/aromatic N) is 2. The number of hydrogen-bond acceptors (Lipinski definition) is 5. The van der Waals surface area contributed by atoms with Crippen molar-refractivity contribution in [1.29, 1.82) is 0 Å². The largest absolute Gasteiger partial charge is 0.359 e. The summed E-state index contributed by atoms with van der Waals surface area (Å²) in [5.41, 5.74) is 4.34. The van der Waals surface area contributed by atoms with E-state index in [-0.39, 0.29) is 6.04 Å². The first-order valence-corrected chi connectivity index (χ1v) is 10.1. The Bertz CT molecular complexity index is 723. The van der Waals surface area contributed by atoms with Gasteiger partial charge in [-0.15, -0.1) is 0 Å². The molecule has 1 fully saturated rings. The number of sulfonamides is 1. The van der Waals surface area contributed by atoms with Crippen molar-refractivity contribution in [2.24, 2.45) is 5.10 Å². The van der Waals surface area contributed by atoms with Crippen molar-refractivity contribution in [2.75, 3.05) is 26.2 Å². The van der Waals surface area contributed by atoms with Gasteiger partial charge in [0.15, 0.2) is 5.11 Å². The molecule has 0 atom stereocenters. The number of piperazine rings is 1. The average Bonchev–Trinajstić information content (AvgIpc) is 2.60. The molecule has 1 aromatic carbocycles. The quantitative estimate of drug-likeness (QED) is 0.398. The molecule has 1 aliphatic heterocycles. The maximum absolute atomic E-state index is 12.6. The zero-order valence-corrected chi connectivity index (χ0v) is 16.4. The van der Waals surface area contributed by atoms with Gasteiger partial charge in [-0.25, -0.2) is 8.42 Å². The minimum absolute atomic E-state index is 0.227. The van der Waals surface area contributed by atoms with E-state index in [1.165, 1.54) is 4.31 Å². The predicted molar refractivity (Wildman–Crippen MR) is 104 cm³/mol. The second kappa shape index (κ2) is 8.70. The summed E-state index contributed by atoms with van der Waals surface area (Å²) in [5, 5.41) is 10.9. The van der Waals surface area contributed by atoms with Crippen LogP contribution < -0.4 is 16.1 Å². The first-order chi connectivity index (χ1) is 11.8. The molecule has 1 aliphatic rings. The molecule has 0 spiro atoms. The zero-order valence-electron chi connectivity index (χ0n) is 14.7. The van der Waals surface area contributed by atoms with E-state index >= 15 is 0 Å². The monoisotopic (exact) mass is 383 g/mol. The fraction of sp³-hybridized carbons (Fsp3) is 0.500. The molecule has 2 rings (SSSR count). The molecule has 9 heteroatoms. The van der Waals surface area contributed by atoms with Crippen LogP contribution in [0.5, 0.6) is 0 Å². The lowest BCUT2D eigenvalue weighted by atomic mass is 10.1. The van der Waals surface area contributed by atoms with E-state index in [2.05, 4.69) is 21.2 Å². The lowest BCUT2D eigenvalue weighted by Gasteiger charge is -2.26. The molecule has 25 heavy (non-hydrogen) atoms. The van der Waals surface area contributed by atoms with E-state index < -0.39 is 10.0 Å². The van der Waals surface area contributed by atoms with Crippen LogP contribution in [0.2, 0.25) is 0 Å². The molecule has 1 saturated heterocycles. The summed E-state index contributed by atoms with van der Waals surface area (Å²) in [6.07, 6.45) is 0. The Kier molecular flexibility index (Phi) is 6.88. The van der Waals surface area contributed by atoms with Gasteiger partial charge in [0, 0.05) is 32.2 Å². The summed E-state index contributed by atoms with van der Waals surface area (Å²) in [6, 6.07) is 6.99. The molecule has 0 saturated carbocycles. The van der Waals surface area contributed by atoms with Gasteiger partial charge in [0.05, 0.1) is 10.6 Å². The van der Waals surface area contributed by atoms with Crippen LogP contribution in [0.3, 0.4) is 0 Å². The Balaban J connectivity index is 2.07. The maximum atomic E-state index is 12.6.